The lowest BCUT2D eigenvalue weighted by Crippen LogP contribution is -2.35. The van der Waals surface area contributed by atoms with Crippen LogP contribution in [0.15, 0.2) is 17.6 Å². The molecular weight excluding hydrogens is 352 g/mol. The molecule has 0 saturated carbocycles. The molecule has 1 aromatic heterocycles. The Balaban J connectivity index is 2.37. The fourth-order valence-electron chi connectivity index (χ4n) is 2.72. The zero-order valence-electron chi connectivity index (χ0n) is 12.9. The minimum absolute atomic E-state index is 0.0715. The van der Waals surface area contributed by atoms with E-state index < -0.39 is 17.0 Å². The van der Waals surface area contributed by atoms with Gasteiger partial charge in [-0.05, 0) is 26.0 Å². The number of aliphatic hydroxyl groups excluding tert-OH is 1. The van der Waals surface area contributed by atoms with Gasteiger partial charge in [-0.2, -0.15) is 0 Å². The highest BCUT2D eigenvalue weighted by Gasteiger charge is 2.45. The summed E-state index contributed by atoms with van der Waals surface area (Å²) in [5.74, 6) is -1.61. The average molecular weight is 364 g/mol. The molecule has 0 fully saturated rings. The minimum Gasteiger partial charge on any atom is -0.506 e. The zero-order chi connectivity index (χ0) is 17.6. The summed E-state index contributed by atoms with van der Waals surface area (Å²) < 4.78 is 19.8. The largest absolute Gasteiger partial charge is 0.506 e. The van der Waals surface area contributed by atoms with E-state index in [1.165, 1.54) is 22.9 Å². The van der Waals surface area contributed by atoms with Gasteiger partial charge in [-0.25, -0.2) is 9.37 Å². The van der Waals surface area contributed by atoms with E-state index in [1.807, 2.05) is 0 Å². The molecule has 0 unspecified atom stereocenters. The van der Waals surface area contributed by atoms with Crippen LogP contribution in [0.4, 0.5) is 4.39 Å². The monoisotopic (exact) mass is 363 g/mol. The summed E-state index contributed by atoms with van der Waals surface area (Å²) in [6.07, 6.45) is 0. The molecule has 1 aliphatic carbocycles. The molecule has 2 aromatic rings. The SMILES string of the molecule is [B]COc1c(Cl)ccc(F)c1C1=C(O)c2scnc2C(C)(C)C1=O. The molecule has 3 rings (SSSR count). The van der Waals surface area contributed by atoms with Crippen LogP contribution in [-0.2, 0) is 10.2 Å². The van der Waals surface area contributed by atoms with Crippen LogP contribution in [-0.4, -0.2) is 30.2 Å². The summed E-state index contributed by atoms with van der Waals surface area (Å²) in [4.78, 5) is 17.6. The molecule has 0 spiro atoms. The van der Waals surface area contributed by atoms with E-state index in [9.17, 15) is 14.3 Å². The molecule has 0 atom stereocenters. The number of hydrogen-bond donors (Lipinski definition) is 1. The number of fused-ring (bicyclic) bond motifs is 1. The number of rotatable bonds is 3. The summed E-state index contributed by atoms with van der Waals surface area (Å²) >= 11 is 7.25. The minimum atomic E-state index is -1.02. The van der Waals surface area contributed by atoms with Crippen LogP contribution in [0.5, 0.6) is 5.75 Å². The van der Waals surface area contributed by atoms with Gasteiger partial charge in [0.2, 0.25) is 0 Å². The third kappa shape index (κ3) is 2.34. The van der Waals surface area contributed by atoms with E-state index in [-0.39, 0.29) is 34.2 Å². The number of ketones is 1. The maximum Gasteiger partial charge on any atom is 0.179 e. The second-order valence-corrected chi connectivity index (χ2v) is 7.01. The Bertz CT molecular complexity index is 878. The van der Waals surface area contributed by atoms with Crippen LogP contribution in [0.25, 0.3) is 11.3 Å². The highest BCUT2D eigenvalue weighted by Crippen LogP contribution is 2.47. The standard InChI is InChI=1S/C16H12BClFNO3S/c1-16(2)14-13(24-6-20-14)11(21)10(15(16)22)9-8(19)4-3-7(18)12(9)23-5-17/h3-4,6,21H,5H2,1-2H3. The first kappa shape index (κ1) is 17.0. The van der Waals surface area contributed by atoms with Gasteiger partial charge in [0, 0.05) is 6.51 Å². The molecule has 1 aliphatic rings. The molecule has 122 valence electrons. The van der Waals surface area contributed by atoms with E-state index in [2.05, 4.69) is 4.98 Å². The molecule has 0 saturated heterocycles. The van der Waals surface area contributed by atoms with Crippen LogP contribution in [0, 0.1) is 5.82 Å². The van der Waals surface area contributed by atoms with Crippen LogP contribution >= 0.6 is 22.9 Å². The molecule has 1 aromatic carbocycles. The van der Waals surface area contributed by atoms with Crippen molar-refractivity contribution >= 4 is 47.9 Å². The predicted molar refractivity (Wildman–Crippen MR) is 92.2 cm³/mol. The Labute approximate surface area is 148 Å². The Hall–Kier alpha value is -1.86. The Kier molecular flexibility index (Phi) is 4.17. The summed E-state index contributed by atoms with van der Waals surface area (Å²) in [6, 6.07) is 2.42. The molecule has 4 nitrogen and oxygen atoms in total. The molecule has 0 amide bonds. The van der Waals surface area contributed by atoms with Crippen molar-refractivity contribution in [3.8, 4) is 5.75 Å². The van der Waals surface area contributed by atoms with Crippen LogP contribution < -0.4 is 4.74 Å². The van der Waals surface area contributed by atoms with Crippen molar-refractivity contribution in [3.05, 3.63) is 44.6 Å². The van der Waals surface area contributed by atoms with Crippen molar-refractivity contribution in [1.82, 2.24) is 4.98 Å². The van der Waals surface area contributed by atoms with Crippen LogP contribution in [0.1, 0.15) is 30.0 Å². The molecule has 1 N–H and O–H groups in total. The van der Waals surface area contributed by atoms with Gasteiger partial charge in [0.05, 0.1) is 37.7 Å². The van der Waals surface area contributed by atoms with Gasteiger partial charge in [0.1, 0.15) is 25.2 Å². The number of nitrogens with zero attached hydrogens (tertiary/aromatic N) is 1. The van der Waals surface area contributed by atoms with Crippen molar-refractivity contribution in [3.63, 3.8) is 0 Å². The lowest BCUT2D eigenvalue weighted by Gasteiger charge is -2.29. The number of carbonyl (C=O) groups excluding carboxylic acids is 1. The maximum absolute atomic E-state index is 14.5. The summed E-state index contributed by atoms with van der Waals surface area (Å²) in [5.41, 5.74) is 0.598. The van der Waals surface area contributed by atoms with Gasteiger partial charge < -0.3 is 9.84 Å². The Morgan fingerprint density at radius 1 is 1.46 bits per heavy atom. The number of aromatic nitrogens is 1. The summed E-state index contributed by atoms with van der Waals surface area (Å²) in [5, 5.41) is 10.7. The van der Waals surface area contributed by atoms with E-state index in [1.54, 1.807) is 13.8 Å². The first-order valence-electron chi connectivity index (χ1n) is 7.04. The molecule has 2 radical (unpaired) electrons. The quantitative estimate of drug-likeness (QED) is 0.844. The average Bonchev–Trinajstić information content (AvgIpc) is 3.03. The van der Waals surface area contributed by atoms with Gasteiger partial charge in [-0.1, -0.05) is 11.6 Å². The molecule has 0 bridgehead atoms. The van der Waals surface area contributed by atoms with Gasteiger partial charge in [0.25, 0.3) is 0 Å². The number of hydrogen-bond acceptors (Lipinski definition) is 5. The van der Waals surface area contributed by atoms with Gasteiger partial charge in [-0.3, -0.25) is 4.79 Å². The van der Waals surface area contributed by atoms with Gasteiger partial charge >= 0.3 is 0 Å². The number of aliphatic hydroxyl groups is 1. The highest BCUT2D eigenvalue weighted by molar-refractivity contribution is 7.11. The first-order chi connectivity index (χ1) is 11.3. The number of carbonyl (C=O) groups is 1. The fraction of sp³-hybridized carbons (Fsp3) is 0.250. The lowest BCUT2D eigenvalue weighted by molar-refractivity contribution is -0.118. The maximum atomic E-state index is 14.5. The molecule has 0 aliphatic heterocycles. The summed E-state index contributed by atoms with van der Waals surface area (Å²) in [6.45, 7) is 3.09. The molecule has 8 heteroatoms. The Morgan fingerprint density at radius 2 is 2.17 bits per heavy atom. The third-order valence-corrected chi connectivity index (χ3v) is 5.07. The van der Waals surface area contributed by atoms with Gasteiger partial charge in [0.15, 0.2) is 5.78 Å². The summed E-state index contributed by atoms with van der Waals surface area (Å²) in [7, 11) is 5.39. The van der Waals surface area contributed by atoms with Crippen molar-refractivity contribution in [2.75, 3.05) is 6.51 Å². The van der Waals surface area contributed by atoms with Crippen molar-refractivity contribution in [1.29, 1.82) is 0 Å². The van der Waals surface area contributed by atoms with E-state index in [0.717, 1.165) is 6.07 Å². The van der Waals surface area contributed by atoms with Crippen LogP contribution in [0.2, 0.25) is 5.02 Å². The topological polar surface area (TPSA) is 59.4 Å². The normalized spacial score (nSPS) is 16.2. The van der Waals surface area contributed by atoms with Crippen molar-refractivity contribution in [2.45, 2.75) is 19.3 Å². The zero-order valence-corrected chi connectivity index (χ0v) is 14.5. The van der Waals surface area contributed by atoms with Crippen LogP contribution in [0.3, 0.4) is 0 Å². The van der Waals surface area contributed by atoms with Gasteiger partial charge in [-0.15, -0.1) is 11.3 Å². The van der Waals surface area contributed by atoms with Crippen molar-refractivity contribution < 1.29 is 19.0 Å². The number of ether oxygens (including phenoxy) is 1. The second-order valence-electron chi connectivity index (χ2n) is 5.75. The Morgan fingerprint density at radius 3 is 2.83 bits per heavy atom. The van der Waals surface area contributed by atoms with E-state index >= 15 is 0 Å². The number of thiazole rings is 1. The third-order valence-electron chi connectivity index (χ3n) is 3.94. The molecular formula is C16H12BClFNO3S. The lowest BCUT2D eigenvalue weighted by atomic mass is 9.74. The number of allylic oxidation sites excluding steroid dienone is 1. The van der Waals surface area contributed by atoms with E-state index in [0.29, 0.717) is 10.6 Å². The smallest absolute Gasteiger partial charge is 0.179 e. The first-order valence-corrected chi connectivity index (χ1v) is 8.30. The highest BCUT2D eigenvalue weighted by atomic mass is 35.5. The number of halogens is 2. The molecule has 1 heterocycles. The van der Waals surface area contributed by atoms with Crippen molar-refractivity contribution in [2.24, 2.45) is 0 Å². The number of Topliss-reactive ketones (excluding diaryl/α,β-unsaturated/α-hetero) is 1. The second kappa shape index (κ2) is 5.90. The fourth-order valence-corrected chi connectivity index (χ4v) is 3.83. The van der Waals surface area contributed by atoms with E-state index in [4.69, 9.17) is 24.2 Å². The molecule has 24 heavy (non-hydrogen) atoms. The predicted octanol–water partition coefficient (Wildman–Crippen LogP) is 3.73. The number of benzene rings is 1.